The molecule has 0 unspecified atom stereocenters. The van der Waals surface area contributed by atoms with E-state index >= 15 is 0 Å². The lowest BCUT2D eigenvalue weighted by atomic mass is 9.81. The number of nitrogens with two attached hydrogens (primary N) is 1. The van der Waals surface area contributed by atoms with E-state index in [1.165, 1.54) is 25.0 Å². The number of aromatic amines is 1. The summed E-state index contributed by atoms with van der Waals surface area (Å²) in [7, 11) is 0. The van der Waals surface area contributed by atoms with Gasteiger partial charge in [0.15, 0.2) is 0 Å². The molecule has 146 valence electrons. The summed E-state index contributed by atoms with van der Waals surface area (Å²) in [5, 5.41) is 8.85. The van der Waals surface area contributed by atoms with Crippen molar-refractivity contribution in [1.29, 1.82) is 0 Å². The molecule has 29 heavy (non-hydrogen) atoms. The molecule has 0 radical (unpaired) electrons. The molecule has 1 aliphatic heterocycles. The number of hydrogen-bond acceptors (Lipinski definition) is 3. The minimum absolute atomic E-state index is 0.0937. The van der Waals surface area contributed by atoms with E-state index in [-0.39, 0.29) is 18.0 Å². The van der Waals surface area contributed by atoms with E-state index in [0.29, 0.717) is 18.0 Å². The molecule has 0 atom stereocenters. The Balaban J connectivity index is 1.53. The van der Waals surface area contributed by atoms with Gasteiger partial charge >= 0.3 is 0 Å². The third-order valence-electron chi connectivity index (χ3n) is 6.18. The van der Waals surface area contributed by atoms with Gasteiger partial charge in [-0.25, -0.2) is 0 Å². The van der Waals surface area contributed by atoms with Crippen LogP contribution in [-0.4, -0.2) is 33.5 Å². The van der Waals surface area contributed by atoms with Crippen LogP contribution >= 0.6 is 0 Å². The van der Waals surface area contributed by atoms with Crippen molar-refractivity contribution >= 4 is 22.7 Å². The molecule has 1 saturated carbocycles. The molecule has 3 N–H and O–H groups in total. The quantitative estimate of drug-likeness (QED) is 0.658. The third kappa shape index (κ3) is 2.83. The Hall–Kier alpha value is -3.41. The molecule has 2 aromatic carbocycles. The first-order valence-electron chi connectivity index (χ1n) is 9.90. The molecular weight excluding hydrogens is 364 g/mol. The van der Waals surface area contributed by atoms with Crippen LogP contribution in [0.2, 0.25) is 0 Å². The molecule has 2 heterocycles. The Bertz CT molecular complexity index is 1170. The van der Waals surface area contributed by atoms with Gasteiger partial charge in [0.25, 0.3) is 5.91 Å². The molecule has 0 saturated heterocycles. The van der Waals surface area contributed by atoms with Gasteiger partial charge in [0.1, 0.15) is 0 Å². The molecule has 0 bridgehead atoms. The number of rotatable bonds is 5. The SMILES string of the molecule is C=C(CN1Cc2c(cccc2-c2ccc3n[nH]c(C4CCC4)c3c2)C1=O)C(N)=O. The van der Waals surface area contributed by atoms with Gasteiger partial charge in [-0.2, -0.15) is 5.10 Å². The zero-order valence-corrected chi connectivity index (χ0v) is 16.1. The number of hydrogen-bond donors (Lipinski definition) is 2. The molecule has 2 aliphatic rings. The molecule has 1 fully saturated rings. The Labute approximate surface area is 168 Å². The average Bonchev–Trinajstić information content (AvgIpc) is 3.22. The normalized spacial score (nSPS) is 16.1. The highest BCUT2D eigenvalue weighted by Crippen LogP contribution is 2.40. The van der Waals surface area contributed by atoms with Crippen molar-refractivity contribution in [2.45, 2.75) is 31.7 Å². The third-order valence-corrected chi connectivity index (χ3v) is 6.18. The van der Waals surface area contributed by atoms with E-state index in [2.05, 4.69) is 28.9 Å². The van der Waals surface area contributed by atoms with Gasteiger partial charge in [0.2, 0.25) is 5.91 Å². The summed E-state index contributed by atoms with van der Waals surface area (Å²) in [4.78, 5) is 25.8. The van der Waals surface area contributed by atoms with E-state index in [9.17, 15) is 9.59 Å². The minimum Gasteiger partial charge on any atom is -0.366 e. The van der Waals surface area contributed by atoms with Crippen LogP contribution in [0, 0.1) is 0 Å². The number of nitrogens with zero attached hydrogens (tertiary/aromatic N) is 2. The highest BCUT2D eigenvalue weighted by Gasteiger charge is 2.30. The van der Waals surface area contributed by atoms with E-state index in [1.807, 2.05) is 24.3 Å². The van der Waals surface area contributed by atoms with Crippen LogP contribution in [0.4, 0.5) is 0 Å². The summed E-state index contributed by atoms with van der Waals surface area (Å²) >= 11 is 0. The number of nitrogens with one attached hydrogen (secondary N) is 1. The fraction of sp³-hybridized carbons (Fsp3) is 0.261. The van der Waals surface area contributed by atoms with Crippen molar-refractivity contribution in [3.05, 3.63) is 65.4 Å². The van der Waals surface area contributed by atoms with Crippen LogP contribution in [-0.2, 0) is 11.3 Å². The summed E-state index contributed by atoms with van der Waals surface area (Å²) in [6.45, 7) is 4.27. The average molecular weight is 386 g/mol. The van der Waals surface area contributed by atoms with Gasteiger partial charge in [0.05, 0.1) is 12.1 Å². The second kappa shape index (κ2) is 6.58. The molecule has 3 aromatic rings. The molecule has 0 spiro atoms. The minimum atomic E-state index is -0.581. The molecule has 1 aliphatic carbocycles. The smallest absolute Gasteiger partial charge is 0.254 e. The maximum absolute atomic E-state index is 12.8. The number of carbonyl (C=O) groups is 2. The predicted molar refractivity (Wildman–Crippen MR) is 111 cm³/mol. The van der Waals surface area contributed by atoms with Crippen molar-refractivity contribution in [1.82, 2.24) is 15.1 Å². The number of fused-ring (bicyclic) bond motifs is 2. The van der Waals surface area contributed by atoms with Crippen LogP contribution in [0.15, 0.2) is 48.6 Å². The van der Waals surface area contributed by atoms with E-state index in [4.69, 9.17) is 5.73 Å². The van der Waals surface area contributed by atoms with Crippen LogP contribution < -0.4 is 5.73 Å². The summed E-state index contributed by atoms with van der Waals surface area (Å²) < 4.78 is 0. The first-order chi connectivity index (χ1) is 14.0. The predicted octanol–water partition coefficient (Wildman–Crippen LogP) is 3.49. The van der Waals surface area contributed by atoms with Gasteiger partial charge in [0, 0.05) is 34.7 Å². The van der Waals surface area contributed by atoms with Crippen molar-refractivity contribution < 1.29 is 9.59 Å². The number of carbonyl (C=O) groups excluding carboxylic acids is 2. The number of aromatic nitrogens is 2. The zero-order chi connectivity index (χ0) is 20.1. The molecule has 6 nitrogen and oxygen atoms in total. The summed E-state index contributed by atoms with van der Waals surface area (Å²) in [6, 6.07) is 12.1. The topological polar surface area (TPSA) is 92.1 Å². The van der Waals surface area contributed by atoms with E-state index in [1.54, 1.807) is 4.90 Å². The van der Waals surface area contributed by atoms with Gasteiger partial charge < -0.3 is 10.6 Å². The standard InChI is InChI=1S/C23H22N4O2/c1-13(22(24)28)11-27-12-19-16(6-3-7-17(19)23(27)29)15-8-9-20-18(10-15)21(26-25-20)14-4-2-5-14/h3,6-10,14H,1-2,4-5,11-12H2,(H2,24,28)(H,25,26). The fourth-order valence-corrected chi connectivity index (χ4v) is 4.30. The first kappa shape index (κ1) is 17.7. The largest absolute Gasteiger partial charge is 0.366 e. The van der Waals surface area contributed by atoms with Crippen LogP contribution in [0.3, 0.4) is 0 Å². The lowest BCUT2D eigenvalue weighted by Crippen LogP contribution is -2.30. The van der Waals surface area contributed by atoms with Crippen molar-refractivity contribution in [2.75, 3.05) is 6.54 Å². The van der Waals surface area contributed by atoms with Crippen LogP contribution in [0.5, 0.6) is 0 Å². The Kier molecular flexibility index (Phi) is 4.01. The van der Waals surface area contributed by atoms with E-state index < -0.39 is 5.91 Å². The Morgan fingerprint density at radius 1 is 1.24 bits per heavy atom. The van der Waals surface area contributed by atoms with Crippen LogP contribution in [0.25, 0.3) is 22.0 Å². The lowest BCUT2D eigenvalue weighted by Gasteiger charge is -2.24. The Morgan fingerprint density at radius 3 is 2.76 bits per heavy atom. The summed E-state index contributed by atoms with van der Waals surface area (Å²) in [5.74, 6) is -0.111. The van der Waals surface area contributed by atoms with Crippen molar-refractivity contribution in [2.24, 2.45) is 5.73 Å². The molecule has 5 rings (SSSR count). The van der Waals surface area contributed by atoms with Gasteiger partial charge in [-0.05, 0) is 47.7 Å². The molecule has 1 aromatic heterocycles. The monoisotopic (exact) mass is 386 g/mol. The summed E-state index contributed by atoms with van der Waals surface area (Å²) in [6.07, 6.45) is 3.68. The lowest BCUT2D eigenvalue weighted by molar-refractivity contribution is -0.114. The van der Waals surface area contributed by atoms with E-state index in [0.717, 1.165) is 27.6 Å². The maximum atomic E-state index is 12.8. The van der Waals surface area contributed by atoms with Crippen LogP contribution in [0.1, 0.15) is 46.8 Å². The number of primary amides is 1. The maximum Gasteiger partial charge on any atom is 0.254 e. The summed E-state index contributed by atoms with van der Waals surface area (Å²) in [5.41, 5.74) is 11.5. The molecular formula is C23H22N4O2. The van der Waals surface area contributed by atoms with Crippen molar-refractivity contribution in [3.63, 3.8) is 0 Å². The first-order valence-corrected chi connectivity index (χ1v) is 9.90. The Morgan fingerprint density at radius 2 is 2.03 bits per heavy atom. The van der Waals surface area contributed by atoms with Crippen molar-refractivity contribution in [3.8, 4) is 11.1 Å². The number of amides is 2. The number of benzene rings is 2. The molecule has 2 amide bonds. The number of H-pyrrole nitrogens is 1. The second-order valence-corrected chi connectivity index (χ2v) is 7.96. The zero-order valence-electron chi connectivity index (χ0n) is 16.1. The van der Waals surface area contributed by atoms with Gasteiger partial charge in [-0.15, -0.1) is 0 Å². The fourth-order valence-electron chi connectivity index (χ4n) is 4.30. The van der Waals surface area contributed by atoms with Gasteiger partial charge in [-0.1, -0.05) is 31.2 Å². The molecule has 6 heteroatoms. The second-order valence-electron chi connectivity index (χ2n) is 7.96. The highest BCUT2D eigenvalue weighted by molar-refractivity contribution is 6.02. The highest BCUT2D eigenvalue weighted by atomic mass is 16.2. The van der Waals surface area contributed by atoms with Gasteiger partial charge in [-0.3, -0.25) is 14.7 Å².